The van der Waals surface area contributed by atoms with Crippen LogP contribution in [-0.4, -0.2) is 88.2 Å². The number of methoxy groups -OCH3 is 3. The minimum atomic E-state index is -0.818. The number of rotatable bonds is 17. The number of carbonyl (C=O) groups excluding carboxylic acids is 6. The molecule has 2 fully saturated rings. The lowest BCUT2D eigenvalue weighted by atomic mass is 9.95. The van der Waals surface area contributed by atoms with Gasteiger partial charge in [0.05, 0.1) is 50.2 Å². The summed E-state index contributed by atoms with van der Waals surface area (Å²) in [4.78, 5) is 72.0. The Balaban J connectivity index is 0.000000264. The molecule has 6 aromatic rings. The van der Waals surface area contributed by atoms with E-state index in [1.54, 1.807) is 179 Å². The first-order valence-electron chi connectivity index (χ1n) is 26.0. The molecule has 2 saturated carbocycles. The topological polar surface area (TPSA) is 195 Å². The zero-order chi connectivity index (χ0) is 56.2. The summed E-state index contributed by atoms with van der Waals surface area (Å²) in [5.74, 6) is 4.68. The Morgan fingerprint density at radius 2 is 0.646 bits per heavy atom. The molecular weight excluding hydrogens is 1010 g/mol. The van der Waals surface area contributed by atoms with Gasteiger partial charge in [0.25, 0.3) is 0 Å². The normalized spacial score (nSPS) is 16.1. The number of esters is 6. The number of para-hydroxylation sites is 2. The third-order valence-electron chi connectivity index (χ3n) is 12.3. The largest absolute Gasteiger partial charge is 0.497 e. The van der Waals surface area contributed by atoms with Crippen molar-refractivity contribution in [3.8, 4) is 46.3 Å². The van der Waals surface area contributed by atoms with E-state index in [1.165, 1.54) is 0 Å². The minimum Gasteiger partial charge on any atom is -0.497 e. The number of ether oxygens (including phenoxy) is 10. The van der Waals surface area contributed by atoms with E-state index < -0.39 is 11.9 Å². The highest BCUT2D eigenvalue weighted by atomic mass is 16.6. The number of benzene rings is 6. The van der Waals surface area contributed by atoms with Crippen LogP contribution in [0.25, 0.3) is 0 Å². The molecule has 8 rings (SSSR count). The van der Waals surface area contributed by atoms with Gasteiger partial charge in [-0.25, -0.2) is 28.8 Å². The third-order valence-corrected chi connectivity index (χ3v) is 12.3. The van der Waals surface area contributed by atoms with Crippen molar-refractivity contribution in [1.29, 1.82) is 0 Å². The summed E-state index contributed by atoms with van der Waals surface area (Å²) in [5.41, 5.74) is 2.00. The van der Waals surface area contributed by atoms with Gasteiger partial charge >= 0.3 is 35.8 Å². The van der Waals surface area contributed by atoms with Crippen molar-refractivity contribution in [3.63, 3.8) is 0 Å². The first-order valence-corrected chi connectivity index (χ1v) is 26.0. The van der Waals surface area contributed by atoms with Crippen molar-refractivity contribution in [2.45, 2.75) is 95.5 Å². The van der Waals surface area contributed by atoms with Crippen LogP contribution in [-0.2, 0) is 28.5 Å². The third kappa shape index (κ3) is 20.4. The number of hydrogen-bond acceptors (Lipinski definition) is 16. The smallest absolute Gasteiger partial charge is 0.390 e. The fourth-order valence-electron chi connectivity index (χ4n) is 7.96. The second-order valence-corrected chi connectivity index (χ2v) is 18.0. The van der Waals surface area contributed by atoms with E-state index in [2.05, 4.69) is 18.8 Å². The molecule has 2 aliphatic rings. The van der Waals surface area contributed by atoms with Crippen molar-refractivity contribution in [1.82, 2.24) is 0 Å². The van der Waals surface area contributed by atoms with Gasteiger partial charge in [-0.05, 0) is 179 Å². The monoisotopic (exact) mass is 1080 g/mol. The lowest BCUT2D eigenvalue weighted by Gasteiger charge is -2.28. The summed E-state index contributed by atoms with van der Waals surface area (Å²) in [6.45, 7) is 2.79. The average molecular weight is 1080 g/mol. The number of hydrogen-bond donors (Lipinski definition) is 0. The summed E-state index contributed by atoms with van der Waals surface area (Å²) >= 11 is 0. The van der Waals surface area contributed by atoms with E-state index in [4.69, 9.17) is 47.4 Å². The summed E-state index contributed by atoms with van der Waals surface area (Å²) in [6.07, 6.45) is 6.79. The Morgan fingerprint density at radius 1 is 0.380 bits per heavy atom. The molecule has 16 nitrogen and oxygen atoms in total. The van der Waals surface area contributed by atoms with Crippen molar-refractivity contribution < 1.29 is 79.0 Å². The predicted octanol–water partition coefficient (Wildman–Crippen LogP) is 11.9. The molecule has 0 amide bonds. The number of carbonyl (C=O) groups is 6. The fourth-order valence-corrected chi connectivity index (χ4v) is 7.96. The van der Waals surface area contributed by atoms with E-state index in [1.807, 2.05) is 0 Å². The highest BCUT2D eigenvalue weighted by Crippen LogP contribution is 2.28. The van der Waals surface area contributed by atoms with Crippen LogP contribution in [0.3, 0.4) is 0 Å². The van der Waals surface area contributed by atoms with Gasteiger partial charge in [-0.15, -0.1) is 0 Å². The zero-order valence-electron chi connectivity index (χ0n) is 44.6. The Morgan fingerprint density at radius 3 is 0.899 bits per heavy atom. The summed E-state index contributed by atoms with van der Waals surface area (Å²) < 4.78 is 53.1. The molecule has 0 aliphatic heterocycles. The molecule has 0 bridgehead atoms. The molecule has 79 heavy (non-hydrogen) atoms. The molecule has 0 radical (unpaired) electrons. The van der Waals surface area contributed by atoms with Gasteiger partial charge in [-0.3, -0.25) is 0 Å². The molecule has 0 heterocycles. The van der Waals surface area contributed by atoms with Crippen LogP contribution in [0.5, 0.6) is 34.5 Å². The van der Waals surface area contributed by atoms with Crippen molar-refractivity contribution >= 4 is 35.8 Å². The van der Waals surface area contributed by atoms with Crippen LogP contribution in [0.4, 0.5) is 0 Å². The van der Waals surface area contributed by atoms with E-state index >= 15 is 0 Å². The van der Waals surface area contributed by atoms with Crippen LogP contribution in [0.2, 0.25) is 0 Å². The average Bonchev–Trinajstić information content (AvgIpc) is 3.49. The molecule has 0 unspecified atom stereocenters. The first kappa shape index (κ1) is 59.1. The zero-order valence-corrected chi connectivity index (χ0v) is 44.6. The molecule has 0 spiro atoms. The van der Waals surface area contributed by atoms with E-state index in [9.17, 15) is 28.8 Å². The molecule has 2 aliphatic carbocycles. The van der Waals surface area contributed by atoms with Crippen LogP contribution >= 0.6 is 0 Å². The van der Waals surface area contributed by atoms with Gasteiger partial charge in [0.15, 0.2) is 0 Å². The standard InChI is InChI=1S/C25H30O6.C22H24O6.C16H10O4.2H2/c1-3-4-17-29-21-11-7-19(8-12-21)25(27)31-23-15-13-22(14-16-23)30-24(26)18-5-9-20(28-2)10-6-18;1-25-17-7-3-15(4-8-17)21(23)27-19-11-13-20(14-12-19)28-22(24)16-5-9-18(26-2)10-6-16;17-15(19-13-7-3-1-4-8-13)11-12-16(18)20-14-9-5-2-6-10-14;;/h5-12,22-23H,3-4,13-17H2,1-2H3;3-10,19-20H,11-14H2,1-2H3;1-10H;2*1H. The summed E-state index contributed by atoms with van der Waals surface area (Å²) in [7, 11) is 4.73. The second kappa shape index (κ2) is 31.8. The molecule has 16 heteroatoms. The SMILES string of the molecule is CCCCOc1ccc(C(=O)OC2CCC(OC(=O)c3ccc(OC)cc3)CC2)cc1.COc1ccc(C(=O)OC2CCC(OC(=O)c3ccc(OC)cc3)CC2)cc1.O=C(C#CC(=O)Oc1ccccc1)Oc1ccccc1.[HH].[HH]. The molecular formula is C63H68O16. The maximum atomic E-state index is 12.4. The molecule has 0 atom stereocenters. The Bertz CT molecular complexity index is 2800. The summed E-state index contributed by atoms with van der Waals surface area (Å²) in [5, 5.41) is 0. The maximum Gasteiger partial charge on any atom is 0.390 e. The molecule has 0 saturated heterocycles. The second-order valence-electron chi connectivity index (χ2n) is 18.0. The Hall–Kier alpha value is -9.10. The molecule has 0 aromatic heterocycles. The summed E-state index contributed by atoms with van der Waals surface area (Å²) in [6, 6.07) is 44.5. The molecule has 416 valence electrons. The van der Waals surface area contributed by atoms with Crippen LogP contribution < -0.4 is 28.4 Å². The van der Waals surface area contributed by atoms with Gasteiger partial charge in [0, 0.05) is 14.7 Å². The van der Waals surface area contributed by atoms with Crippen molar-refractivity contribution in [3.05, 3.63) is 180 Å². The first-order chi connectivity index (χ1) is 38.4. The van der Waals surface area contributed by atoms with Gasteiger partial charge in [0.1, 0.15) is 58.9 Å². The molecule has 0 N–H and O–H groups in total. The van der Waals surface area contributed by atoms with Crippen LogP contribution in [0, 0.1) is 11.8 Å². The van der Waals surface area contributed by atoms with Crippen molar-refractivity contribution in [2.75, 3.05) is 27.9 Å². The highest BCUT2D eigenvalue weighted by molar-refractivity contribution is 5.99. The van der Waals surface area contributed by atoms with E-state index in [0.29, 0.717) is 109 Å². The minimum absolute atomic E-state index is 0. The van der Waals surface area contributed by atoms with Gasteiger partial charge < -0.3 is 47.4 Å². The Labute approximate surface area is 463 Å². The van der Waals surface area contributed by atoms with Crippen LogP contribution in [0.15, 0.2) is 158 Å². The van der Waals surface area contributed by atoms with Gasteiger partial charge in [-0.1, -0.05) is 49.7 Å². The lowest BCUT2D eigenvalue weighted by Crippen LogP contribution is -2.29. The predicted molar refractivity (Wildman–Crippen MR) is 296 cm³/mol. The van der Waals surface area contributed by atoms with Crippen molar-refractivity contribution in [2.24, 2.45) is 0 Å². The quantitative estimate of drug-likeness (QED) is 0.0209. The van der Waals surface area contributed by atoms with Gasteiger partial charge in [0.2, 0.25) is 0 Å². The lowest BCUT2D eigenvalue weighted by molar-refractivity contribution is -0.130. The van der Waals surface area contributed by atoms with E-state index in [-0.39, 0.29) is 51.1 Å². The number of unbranched alkanes of at least 4 members (excludes halogenated alkanes) is 1. The van der Waals surface area contributed by atoms with E-state index in [0.717, 1.165) is 18.6 Å². The fraction of sp³-hybridized carbons (Fsp3) is 0.302. The highest BCUT2D eigenvalue weighted by Gasteiger charge is 2.29. The Kier molecular flexibility index (Phi) is 23.8. The van der Waals surface area contributed by atoms with Crippen LogP contribution in [0.1, 0.15) is 115 Å². The molecule has 6 aromatic carbocycles. The maximum absolute atomic E-state index is 12.4. The van der Waals surface area contributed by atoms with Gasteiger partial charge in [-0.2, -0.15) is 0 Å².